The zero-order chi connectivity index (χ0) is 19.2. The number of para-hydroxylation sites is 2. The molecule has 0 unspecified atom stereocenters. The van der Waals surface area contributed by atoms with Crippen molar-refractivity contribution in [1.29, 1.82) is 0 Å². The SMILES string of the molecule is COc1ccccc1NC(=O)N1CCC[C@H](C(=O)Nc2ccc(C)cn2)C1. The molecule has 0 radical (unpaired) electrons. The number of urea groups is 1. The number of ether oxygens (including phenoxy) is 1. The van der Waals surface area contributed by atoms with Gasteiger partial charge in [0.1, 0.15) is 11.6 Å². The Labute approximate surface area is 158 Å². The average Bonchev–Trinajstić information content (AvgIpc) is 2.70. The van der Waals surface area contributed by atoms with Crippen molar-refractivity contribution in [3.05, 3.63) is 48.2 Å². The molecule has 1 aromatic heterocycles. The number of likely N-dealkylation sites (tertiary alicyclic amines) is 1. The highest BCUT2D eigenvalue weighted by Gasteiger charge is 2.29. The van der Waals surface area contributed by atoms with E-state index in [4.69, 9.17) is 4.74 Å². The molecular formula is C20H24N4O3. The Morgan fingerprint density at radius 1 is 1.19 bits per heavy atom. The Bertz CT molecular complexity index is 807. The highest BCUT2D eigenvalue weighted by molar-refractivity contribution is 5.94. The summed E-state index contributed by atoms with van der Waals surface area (Å²) in [6, 6.07) is 10.7. The molecule has 0 aliphatic carbocycles. The van der Waals surface area contributed by atoms with Crippen molar-refractivity contribution in [2.24, 2.45) is 5.92 Å². The minimum atomic E-state index is -0.259. The minimum absolute atomic E-state index is 0.110. The number of aromatic nitrogens is 1. The first-order valence-corrected chi connectivity index (χ1v) is 8.99. The Balaban J connectivity index is 1.60. The summed E-state index contributed by atoms with van der Waals surface area (Å²) in [5, 5.41) is 5.70. The number of anilines is 2. The monoisotopic (exact) mass is 368 g/mol. The van der Waals surface area contributed by atoms with Gasteiger partial charge in [0.05, 0.1) is 18.7 Å². The maximum Gasteiger partial charge on any atom is 0.321 e. The van der Waals surface area contributed by atoms with E-state index >= 15 is 0 Å². The molecule has 1 saturated heterocycles. The number of carbonyl (C=O) groups excluding carboxylic acids is 2. The van der Waals surface area contributed by atoms with Gasteiger partial charge in [-0.05, 0) is 43.5 Å². The van der Waals surface area contributed by atoms with Crippen molar-refractivity contribution in [2.75, 3.05) is 30.8 Å². The van der Waals surface area contributed by atoms with Crippen molar-refractivity contribution >= 4 is 23.4 Å². The molecule has 1 fully saturated rings. The van der Waals surface area contributed by atoms with E-state index in [0.717, 1.165) is 18.4 Å². The molecule has 3 rings (SSSR count). The van der Waals surface area contributed by atoms with Gasteiger partial charge in [-0.3, -0.25) is 4.79 Å². The number of hydrogen-bond donors (Lipinski definition) is 2. The van der Waals surface area contributed by atoms with Crippen LogP contribution in [-0.4, -0.2) is 42.0 Å². The lowest BCUT2D eigenvalue weighted by atomic mass is 9.97. The molecule has 2 N–H and O–H groups in total. The molecule has 1 aliphatic heterocycles. The van der Waals surface area contributed by atoms with E-state index in [1.807, 2.05) is 25.1 Å². The zero-order valence-electron chi connectivity index (χ0n) is 15.6. The Morgan fingerprint density at radius 2 is 2.00 bits per heavy atom. The molecule has 0 bridgehead atoms. The normalized spacial score (nSPS) is 16.5. The molecule has 1 atom stereocenters. The van der Waals surface area contributed by atoms with E-state index in [1.54, 1.807) is 36.4 Å². The molecule has 142 valence electrons. The first kappa shape index (κ1) is 18.7. The summed E-state index contributed by atoms with van der Waals surface area (Å²) in [6.07, 6.45) is 3.23. The number of pyridine rings is 1. The van der Waals surface area contributed by atoms with Gasteiger partial charge in [0.2, 0.25) is 5.91 Å². The third-order valence-electron chi connectivity index (χ3n) is 4.59. The number of amides is 3. The number of nitrogens with one attached hydrogen (secondary N) is 2. The summed E-state index contributed by atoms with van der Waals surface area (Å²) in [5.74, 6) is 0.759. The van der Waals surface area contributed by atoms with Crippen LogP contribution in [0.5, 0.6) is 5.75 Å². The molecule has 0 saturated carbocycles. The second-order valence-corrected chi connectivity index (χ2v) is 6.63. The number of benzene rings is 1. The molecular weight excluding hydrogens is 344 g/mol. The molecule has 1 aliphatic rings. The average molecular weight is 368 g/mol. The number of carbonyl (C=O) groups is 2. The number of piperidine rings is 1. The fourth-order valence-corrected chi connectivity index (χ4v) is 3.09. The van der Waals surface area contributed by atoms with Gasteiger partial charge in [-0.25, -0.2) is 9.78 Å². The first-order chi connectivity index (χ1) is 13.1. The molecule has 3 amide bonds. The van der Waals surface area contributed by atoms with Crippen LogP contribution in [0.3, 0.4) is 0 Å². The van der Waals surface area contributed by atoms with Gasteiger partial charge in [0.25, 0.3) is 0 Å². The number of aryl methyl sites for hydroxylation is 1. The van der Waals surface area contributed by atoms with Crippen molar-refractivity contribution in [1.82, 2.24) is 9.88 Å². The summed E-state index contributed by atoms with van der Waals surface area (Å²) >= 11 is 0. The van der Waals surface area contributed by atoms with E-state index in [9.17, 15) is 9.59 Å². The fraction of sp³-hybridized carbons (Fsp3) is 0.350. The number of methoxy groups -OCH3 is 1. The molecule has 2 heterocycles. The van der Waals surface area contributed by atoms with E-state index < -0.39 is 0 Å². The van der Waals surface area contributed by atoms with Crippen LogP contribution in [0.2, 0.25) is 0 Å². The number of hydrogen-bond acceptors (Lipinski definition) is 4. The quantitative estimate of drug-likeness (QED) is 0.867. The second kappa shape index (κ2) is 8.53. The van der Waals surface area contributed by atoms with Crippen LogP contribution < -0.4 is 15.4 Å². The van der Waals surface area contributed by atoms with Crippen LogP contribution in [0.25, 0.3) is 0 Å². The summed E-state index contributed by atoms with van der Waals surface area (Å²) < 4.78 is 5.26. The van der Waals surface area contributed by atoms with Gasteiger partial charge >= 0.3 is 6.03 Å². The predicted molar refractivity (Wildman–Crippen MR) is 104 cm³/mol. The lowest BCUT2D eigenvalue weighted by Gasteiger charge is -2.32. The minimum Gasteiger partial charge on any atom is -0.495 e. The maximum atomic E-state index is 12.6. The van der Waals surface area contributed by atoms with E-state index in [0.29, 0.717) is 30.3 Å². The second-order valence-electron chi connectivity index (χ2n) is 6.63. The van der Waals surface area contributed by atoms with Crippen molar-refractivity contribution < 1.29 is 14.3 Å². The Hall–Kier alpha value is -3.09. The molecule has 2 aromatic rings. The van der Waals surface area contributed by atoms with Crippen LogP contribution in [0.1, 0.15) is 18.4 Å². The number of nitrogens with zero attached hydrogens (tertiary/aromatic N) is 2. The zero-order valence-corrected chi connectivity index (χ0v) is 15.6. The van der Waals surface area contributed by atoms with Gasteiger partial charge in [0.15, 0.2) is 0 Å². The van der Waals surface area contributed by atoms with Gasteiger partial charge < -0.3 is 20.3 Å². The van der Waals surface area contributed by atoms with E-state index in [-0.39, 0.29) is 17.9 Å². The smallest absolute Gasteiger partial charge is 0.321 e. The summed E-state index contributed by atoms with van der Waals surface area (Å²) in [6.45, 7) is 2.93. The van der Waals surface area contributed by atoms with Crippen LogP contribution in [0.4, 0.5) is 16.3 Å². The molecule has 1 aromatic carbocycles. The standard InChI is InChI=1S/C20H24N4O3/c1-14-9-10-18(21-12-14)23-19(25)15-6-5-11-24(13-15)20(26)22-16-7-3-4-8-17(16)27-2/h3-4,7-10,12,15H,5-6,11,13H2,1-2H3,(H,22,26)(H,21,23,25)/t15-/m0/s1. The van der Waals surface area contributed by atoms with Crippen LogP contribution in [0.15, 0.2) is 42.6 Å². The number of rotatable bonds is 4. The Morgan fingerprint density at radius 3 is 2.74 bits per heavy atom. The Kier molecular flexibility index (Phi) is 5.90. The summed E-state index contributed by atoms with van der Waals surface area (Å²) in [5.41, 5.74) is 1.64. The molecule has 0 spiro atoms. The third kappa shape index (κ3) is 4.75. The largest absolute Gasteiger partial charge is 0.495 e. The highest BCUT2D eigenvalue weighted by Crippen LogP contribution is 2.25. The highest BCUT2D eigenvalue weighted by atomic mass is 16.5. The lowest BCUT2D eigenvalue weighted by Crippen LogP contribution is -2.45. The predicted octanol–water partition coefficient (Wildman–Crippen LogP) is 3.28. The van der Waals surface area contributed by atoms with E-state index in [2.05, 4.69) is 15.6 Å². The van der Waals surface area contributed by atoms with Crippen molar-refractivity contribution in [2.45, 2.75) is 19.8 Å². The molecule has 7 heteroatoms. The van der Waals surface area contributed by atoms with Gasteiger partial charge in [0, 0.05) is 19.3 Å². The summed E-state index contributed by atoms with van der Waals surface area (Å²) in [7, 11) is 1.56. The first-order valence-electron chi connectivity index (χ1n) is 8.99. The maximum absolute atomic E-state index is 12.6. The van der Waals surface area contributed by atoms with Gasteiger partial charge in [-0.1, -0.05) is 18.2 Å². The molecule has 27 heavy (non-hydrogen) atoms. The van der Waals surface area contributed by atoms with Crippen LogP contribution >= 0.6 is 0 Å². The van der Waals surface area contributed by atoms with Crippen molar-refractivity contribution in [3.8, 4) is 5.75 Å². The fourth-order valence-electron chi connectivity index (χ4n) is 3.09. The van der Waals surface area contributed by atoms with Crippen LogP contribution in [0, 0.1) is 12.8 Å². The van der Waals surface area contributed by atoms with Crippen molar-refractivity contribution in [3.63, 3.8) is 0 Å². The summed E-state index contributed by atoms with van der Waals surface area (Å²) in [4.78, 5) is 31.0. The lowest BCUT2D eigenvalue weighted by molar-refractivity contribution is -0.121. The van der Waals surface area contributed by atoms with E-state index in [1.165, 1.54) is 0 Å². The van der Waals surface area contributed by atoms with Gasteiger partial charge in [-0.15, -0.1) is 0 Å². The van der Waals surface area contributed by atoms with Gasteiger partial charge in [-0.2, -0.15) is 0 Å². The third-order valence-corrected chi connectivity index (χ3v) is 4.59. The topological polar surface area (TPSA) is 83.6 Å². The van der Waals surface area contributed by atoms with Crippen LogP contribution in [-0.2, 0) is 4.79 Å². The molecule has 7 nitrogen and oxygen atoms in total.